The van der Waals surface area contributed by atoms with Gasteiger partial charge in [-0.05, 0) is 119 Å². The fourth-order valence-electron chi connectivity index (χ4n) is 5.77. The summed E-state index contributed by atoms with van der Waals surface area (Å²) in [5, 5.41) is 2.70. The Morgan fingerprint density at radius 1 is 1.05 bits per heavy atom. The maximum atomic E-state index is 15.0. The standard InChI is InChI=1S/C31H39FN4O2S/c1-20-19-33-30(34-24-9-10-25(27(32)18-24)23-12-14-36(5)15-13-23)35-28(20)17-21-6-7-22-8-11-29(26(22)16-21)39(37,38)31(2,3)4/h6-7,9-10,16,18-19,23,29H,8,11-15,17H2,1-5H3,(H,33,34,35). The van der Waals surface area contributed by atoms with Crippen LogP contribution in [0, 0.1) is 12.7 Å². The summed E-state index contributed by atoms with van der Waals surface area (Å²) in [7, 11) is -1.21. The van der Waals surface area contributed by atoms with Gasteiger partial charge in [-0.2, -0.15) is 0 Å². The summed E-state index contributed by atoms with van der Waals surface area (Å²) in [5.74, 6) is 0.471. The van der Waals surface area contributed by atoms with Crippen LogP contribution in [0.4, 0.5) is 16.0 Å². The largest absolute Gasteiger partial charge is 0.324 e. The van der Waals surface area contributed by atoms with Crippen LogP contribution < -0.4 is 5.32 Å². The van der Waals surface area contributed by atoms with Crippen molar-refractivity contribution in [3.05, 3.63) is 81.9 Å². The van der Waals surface area contributed by atoms with Crippen LogP contribution in [0.2, 0.25) is 0 Å². The predicted molar refractivity (Wildman–Crippen MR) is 155 cm³/mol. The van der Waals surface area contributed by atoms with Crippen molar-refractivity contribution in [1.29, 1.82) is 0 Å². The van der Waals surface area contributed by atoms with Crippen LogP contribution in [0.1, 0.15) is 84.7 Å². The molecule has 0 amide bonds. The van der Waals surface area contributed by atoms with Gasteiger partial charge in [0.05, 0.1) is 15.7 Å². The predicted octanol–water partition coefficient (Wildman–Crippen LogP) is 6.27. The van der Waals surface area contributed by atoms with E-state index in [4.69, 9.17) is 4.98 Å². The molecule has 3 aromatic rings. The number of nitrogens with zero attached hydrogens (tertiary/aromatic N) is 3. The SMILES string of the molecule is Cc1cnc(Nc2ccc(C3CCN(C)CC3)c(F)c2)nc1Cc1ccc2c(c1)C(S(=O)(=O)C(C)(C)C)CC2. The van der Waals surface area contributed by atoms with Gasteiger partial charge in [-0.3, -0.25) is 0 Å². The molecule has 0 spiro atoms. The highest BCUT2D eigenvalue weighted by Gasteiger charge is 2.41. The topological polar surface area (TPSA) is 75.2 Å². The van der Waals surface area contributed by atoms with Gasteiger partial charge < -0.3 is 10.2 Å². The Hall–Kier alpha value is -2.84. The molecule has 2 aromatic carbocycles. The molecular formula is C31H39FN4O2S. The number of halogens is 1. The number of fused-ring (bicyclic) bond motifs is 1. The van der Waals surface area contributed by atoms with Crippen LogP contribution in [0.25, 0.3) is 0 Å². The monoisotopic (exact) mass is 550 g/mol. The first-order chi connectivity index (χ1) is 18.4. The molecule has 1 aliphatic carbocycles. The minimum atomic E-state index is -3.31. The average Bonchev–Trinajstić information content (AvgIpc) is 3.30. The number of aryl methyl sites for hydroxylation is 2. The number of aromatic nitrogens is 2. The van der Waals surface area contributed by atoms with Gasteiger partial charge in [-0.1, -0.05) is 24.3 Å². The molecule has 39 heavy (non-hydrogen) atoms. The van der Waals surface area contributed by atoms with E-state index in [-0.39, 0.29) is 11.7 Å². The number of hydrogen-bond donors (Lipinski definition) is 1. The van der Waals surface area contributed by atoms with Gasteiger partial charge in [-0.15, -0.1) is 0 Å². The summed E-state index contributed by atoms with van der Waals surface area (Å²) in [6.45, 7) is 9.27. The number of anilines is 2. The lowest BCUT2D eigenvalue weighted by Gasteiger charge is -2.29. The van der Waals surface area contributed by atoms with Gasteiger partial charge in [0.25, 0.3) is 0 Å². The molecule has 5 rings (SSSR count). The molecule has 2 aliphatic rings. The molecule has 0 saturated carbocycles. The summed E-state index contributed by atoms with van der Waals surface area (Å²) in [4.78, 5) is 11.5. The lowest BCUT2D eigenvalue weighted by Crippen LogP contribution is -2.32. The van der Waals surface area contributed by atoms with Crippen molar-refractivity contribution in [2.75, 3.05) is 25.5 Å². The second kappa shape index (κ2) is 10.6. The van der Waals surface area contributed by atoms with Crippen LogP contribution in [-0.4, -0.2) is 48.2 Å². The molecule has 1 atom stereocenters. The Morgan fingerprint density at radius 2 is 1.79 bits per heavy atom. The van der Waals surface area contributed by atoms with Crippen molar-refractivity contribution in [1.82, 2.24) is 14.9 Å². The summed E-state index contributed by atoms with van der Waals surface area (Å²) >= 11 is 0. The Balaban J connectivity index is 1.34. The highest BCUT2D eigenvalue weighted by atomic mass is 32.2. The molecule has 1 fully saturated rings. The third-order valence-electron chi connectivity index (χ3n) is 8.32. The molecule has 6 nitrogen and oxygen atoms in total. The van der Waals surface area contributed by atoms with Gasteiger partial charge in [0.1, 0.15) is 5.82 Å². The van der Waals surface area contributed by atoms with Crippen LogP contribution in [0.15, 0.2) is 42.6 Å². The normalized spacial score (nSPS) is 18.8. The molecule has 1 aromatic heterocycles. The van der Waals surface area contributed by atoms with E-state index < -0.39 is 19.8 Å². The molecule has 2 heterocycles. The third kappa shape index (κ3) is 5.73. The Labute approximate surface area is 232 Å². The number of nitrogens with one attached hydrogen (secondary N) is 1. The zero-order valence-electron chi connectivity index (χ0n) is 23.6. The molecule has 208 valence electrons. The minimum Gasteiger partial charge on any atom is -0.324 e. The lowest BCUT2D eigenvalue weighted by atomic mass is 9.89. The van der Waals surface area contributed by atoms with E-state index in [1.165, 1.54) is 6.07 Å². The van der Waals surface area contributed by atoms with Crippen molar-refractivity contribution in [3.8, 4) is 0 Å². The van der Waals surface area contributed by atoms with Crippen molar-refractivity contribution < 1.29 is 12.8 Å². The number of hydrogen-bond acceptors (Lipinski definition) is 6. The summed E-state index contributed by atoms with van der Waals surface area (Å²) in [5.41, 5.74) is 6.25. The summed E-state index contributed by atoms with van der Waals surface area (Å²) < 4.78 is 40.7. The first-order valence-corrected chi connectivity index (χ1v) is 15.4. The van der Waals surface area contributed by atoms with Crippen molar-refractivity contribution in [2.24, 2.45) is 0 Å². The fourth-order valence-corrected chi connectivity index (χ4v) is 7.60. The van der Waals surface area contributed by atoms with Gasteiger partial charge >= 0.3 is 0 Å². The quantitative estimate of drug-likeness (QED) is 0.390. The maximum Gasteiger partial charge on any atom is 0.227 e. The smallest absolute Gasteiger partial charge is 0.227 e. The van der Waals surface area contributed by atoms with E-state index in [1.807, 2.05) is 25.1 Å². The van der Waals surface area contributed by atoms with Crippen LogP contribution in [-0.2, 0) is 22.7 Å². The van der Waals surface area contributed by atoms with E-state index in [0.29, 0.717) is 24.5 Å². The second-order valence-corrected chi connectivity index (χ2v) is 15.0. The van der Waals surface area contributed by atoms with Crippen molar-refractivity contribution in [3.63, 3.8) is 0 Å². The number of sulfone groups is 1. The molecule has 1 unspecified atom stereocenters. The first-order valence-electron chi connectivity index (χ1n) is 13.8. The molecule has 0 radical (unpaired) electrons. The Kier molecular flexibility index (Phi) is 7.55. The number of rotatable bonds is 6. The van der Waals surface area contributed by atoms with Crippen molar-refractivity contribution >= 4 is 21.5 Å². The zero-order chi connectivity index (χ0) is 27.9. The molecule has 1 aliphatic heterocycles. The van der Waals surface area contributed by atoms with Crippen LogP contribution in [0.5, 0.6) is 0 Å². The van der Waals surface area contributed by atoms with E-state index in [2.05, 4.69) is 34.4 Å². The Morgan fingerprint density at radius 3 is 2.49 bits per heavy atom. The zero-order valence-corrected chi connectivity index (χ0v) is 24.4. The van der Waals surface area contributed by atoms with Gasteiger partial charge in [0.15, 0.2) is 9.84 Å². The van der Waals surface area contributed by atoms with E-state index in [0.717, 1.165) is 65.9 Å². The van der Waals surface area contributed by atoms with E-state index >= 15 is 4.39 Å². The highest BCUT2D eigenvalue weighted by molar-refractivity contribution is 7.93. The Bertz CT molecular complexity index is 1470. The molecule has 0 bridgehead atoms. The highest BCUT2D eigenvalue weighted by Crippen LogP contribution is 2.42. The van der Waals surface area contributed by atoms with Crippen LogP contribution >= 0.6 is 0 Å². The van der Waals surface area contributed by atoms with Crippen molar-refractivity contribution in [2.45, 2.75) is 75.7 Å². The van der Waals surface area contributed by atoms with Crippen LogP contribution in [0.3, 0.4) is 0 Å². The molecule has 1 N–H and O–H groups in total. The molecule has 8 heteroatoms. The molecular weight excluding hydrogens is 511 g/mol. The fraction of sp³-hybridized carbons (Fsp3) is 0.484. The van der Waals surface area contributed by atoms with E-state index in [1.54, 1.807) is 27.0 Å². The molecule has 1 saturated heterocycles. The summed E-state index contributed by atoms with van der Waals surface area (Å²) in [6.07, 6.45) is 5.68. The number of piperidine rings is 1. The van der Waals surface area contributed by atoms with Gasteiger partial charge in [-0.25, -0.2) is 22.8 Å². The van der Waals surface area contributed by atoms with E-state index in [9.17, 15) is 8.42 Å². The third-order valence-corrected chi connectivity index (χ3v) is 11.3. The lowest BCUT2D eigenvalue weighted by molar-refractivity contribution is 0.253. The average molecular weight is 551 g/mol. The second-order valence-electron chi connectivity index (χ2n) is 12.2. The first kappa shape index (κ1) is 27.7. The summed E-state index contributed by atoms with van der Waals surface area (Å²) in [6, 6.07) is 11.5. The number of likely N-dealkylation sites (tertiary alicyclic amines) is 1. The van der Waals surface area contributed by atoms with Gasteiger partial charge in [0, 0.05) is 18.3 Å². The minimum absolute atomic E-state index is 0.195. The maximum absolute atomic E-state index is 15.0. The number of benzene rings is 2. The van der Waals surface area contributed by atoms with Gasteiger partial charge in [0.2, 0.25) is 5.95 Å².